The van der Waals surface area contributed by atoms with Crippen molar-refractivity contribution in [3.8, 4) is 0 Å². The van der Waals surface area contributed by atoms with Gasteiger partial charge in [-0.15, -0.1) is 0 Å². The molecule has 0 radical (unpaired) electrons. The second-order valence-corrected chi connectivity index (χ2v) is 8.98. The highest BCUT2D eigenvalue weighted by molar-refractivity contribution is 5.95. The summed E-state index contributed by atoms with van der Waals surface area (Å²) in [6, 6.07) is 11.6. The first-order valence-electron chi connectivity index (χ1n) is 10.8. The quantitative estimate of drug-likeness (QED) is 0.718. The van der Waals surface area contributed by atoms with Crippen LogP contribution in [0, 0.1) is 6.92 Å². The standard InChI is InChI=1S/C24H31N3O5/c1-17-5-6-19-14-20(8-7-18(19)13-17)22(29)31-16-26-9-11-27(12-10-26)21(28)15-25-23(30)32-24(2,3)4/h5-8,13-14H,9-12,15-16H2,1-4H3,(H,25,30). The number of aryl methyl sites for hydroxylation is 1. The maximum absolute atomic E-state index is 12.5. The van der Waals surface area contributed by atoms with Crippen molar-refractivity contribution in [1.29, 1.82) is 0 Å². The van der Waals surface area contributed by atoms with Gasteiger partial charge in [-0.05, 0) is 50.6 Å². The number of piperazine rings is 1. The minimum absolute atomic E-state index is 0.106. The van der Waals surface area contributed by atoms with Crippen molar-refractivity contribution in [1.82, 2.24) is 15.1 Å². The van der Waals surface area contributed by atoms with E-state index in [1.165, 1.54) is 5.56 Å². The van der Waals surface area contributed by atoms with E-state index in [-0.39, 0.29) is 25.2 Å². The Hall–Kier alpha value is -3.13. The highest BCUT2D eigenvalue weighted by Crippen LogP contribution is 2.18. The van der Waals surface area contributed by atoms with Gasteiger partial charge in [-0.2, -0.15) is 0 Å². The molecule has 0 aliphatic carbocycles. The van der Waals surface area contributed by atoms with Crippen LogP contribution in [-0.2, 0) is 14.3 Å². The molecular weight excluding hydrogens is 410 g/mol. The first kappa shape index (κ1) is 23.5. The molecule has 8 nitrogen and oxygen atoms in total. The SMILES string of the molecule is Cc1ccc2cc(C(=O)OCN3CCN(C(=O)CNC(=O)OC(C)(C)C)CC3)ccc2c1. The van der Waals surface area contributed by atoms with Gasteiger partial charge in [0.15, 0.2) is 0 Å². The molecule has 1 aliphatic rings. The molecule has 172 valence electrons. The van der Waals surface area contributed by atoms with Gasteiger partial charge >= 0.3 is 12.1 Å². The van der Waals surface area contributed by atoms with Gasteiger partial charge in [0.05, 0.1) is 5.56 Å². The number of hydrogen-bond donors (Lipinski definition) is 1. The summed E-state index contributed by atoms with van der Waals surface area (Å²) < 4.78 is 10.6. The highest BCUT2D eigenvalue weighted by Gasteiger charge is 2.23. The molecule has 0 aromatic heterocycles. The minimum Gasteiger partial charge on any atom is -0.446 e. The van der Waals surface area contributed by atoms with Gasteiger partial charge in [0.2, 0.25) is 5.91 Å². The van der Waals surface area contributed by atoms with Gasteiger partial charge in [0, 0.05) is 26.2 Å². The number of carbonyl (C=O) groups excluding carboxylic acids is 3. The summed E-state index contributed by atoms with van der Waals surface area (Å²) in [5.74, 6) is -0.536. The molecule has 0 atom stereocenters. The maximum Gasteiger partial charge on any atom is 0.408 e. The van der Waals surface area contributed by atoms with Crippen molar-refractivity contribution < 1.29 is 23.9 Å². The lowest BCUT2D eigenvalue weighted by molar-refractivity contribution is -0.132. The average molecular weight is 442 g/mol. The number of benzene rings is 2. The lowest BCUT2D eigenvalue weighted by atomic mass is 10.0. The Kier molecular flexibility index (Phi) is 7.35. The fourth-order valence-electron chi connectivity index (χ4n) is 3.43. The Morgan fingerprint density at radius 1 is 0.969 bits per heavy atom. The summed E-state index contributed by atoms with van der Waals surface area (Å²) in [5.41, 5.74) is 1.08. The number of fused-ring (bicyclic) bond motifs is 1. The number of rotatable bonds is 5. The van der Waals surface area contributed by atoms with Crippen LogP contribution in [0.1, 0.15) is 36.7 Å². The molecule has 1 aliphatic heterocycles. The highest BCUT2D eigenvalue weighted by atomic mass is 16.6. The van der Waals surface area contributed by atoms with Gasteiger partial charge in [-0.3, -0.25) is 9.69 Å². The number of ether oxygens (including phenoxy) is 2. The molecule has 3 rings (SSSR count). The Morgan fingerprint density at radius 3 is 2.31 bits per heavy atom. The van der Waals surface area contributed by atoms with Crippen LogP contribution in [0.4, 0.5) is 4.79 Å². The van der Waals surface area contributed by atoms with Crippen LogP contribution < -0.4 is 5.32 Å². The van der Waals surface area contributed by atoms with Crippen molar-refractivity contribution in [2.24, 2.45) is 0 Å². The normalized spacial score (nSPS) is 14.8. The van der Waals surface area contributed by atoms with E-state index in [1.54, 1.807) is 31.7 Å². The fourth-order valence-corrected chi connectivity index (χ4v) is 3.43. The number of nitrogens with one attached hydrogen (secondary N) is 1. The fraction of sp³-hybridized carbons (Fsp3) is 0.458. The van der Waals surface area contributed by atoms with Crippen LogP contribution in [-0.4, -0.2) is 72.8 Å². The van der Waals surface area contributed by atoms with E-state index >= 15 is 0 Å². The summed E-state index contributed by atoms with van der Waals surface area (Å²) in [7, 11) is 0. The molecule has 1 saturated heterocycles. The predicted octanol–water partition coefficient (Wildman–Crippen LogP) is 2.93. The second-order valence-electron chi connectivity index (χ2n) is 8.98. The van der Waals surface area contributed by atoms with E-state index in [0.29, 0.717) is 31.7 Å². The van der Waals surface area contributed by atoms with Crippen LogP contribution >= 0.6 is 0 Å². The topological polar surface area (TPSA) is 88.2 Å². The first-order valence-corrected chi connectivity index (χ1v) is 10.8. The monoisotopic (exact) mass is 441 g/mol. The number of carbonyl (C=O) groups is 3. The molecule has 0 saturated carbocycles. The lowest BCUT2D eigenvalue weighted by Gasteiger charge is -2.34. The smallest absolute Gasteiger partial charge is 0.408 e. The van der Waals surface area contributed by atoms with Gasteiger partial charge < -0.3 is 19.7 Å². The van der Waals surface area contributed by atoms with E-state index in [4.69, 9.17) is 9.47 Å². The van der Waals surface area contributed by atoms with Crippen LogP contribution in [0.15, 0.2) is 36.4 Å². The molecule has 2 amide bonds. The third-order valence-electron chi connectivity index (χ3n) is 5.12. The summed E-state index contributed by atoms with van der Waals surface area (Å²) in [5, 5.41) is 4.57. The van der Waals surface area contributed by atoms with E-state index in [0.717, 1.165) is 10.8 Å². The zero-order valence-electron chi connectivity index (χ0n) is 19.1. The zero-order chi connectivity index (χ0) is 23.3. The summed E-state index contributed by atoms with van der Waals surface area (Å²) in [6.07, 6.45) is -0.611. The van der Waals surface area contributed by atoms with E-state index in [9.17, 15) is 14.4 Å². The Balaban J connectivity index is 1.41. The van der Waals surface area contributed by atoms with Gasteiger partial charge in [-0.25, -0.2) is 9.59 Å². The minimum atomic E-state index is -0.611. The summed E-state index contributed by atoms with van der Waals surface area (Å²) in [4.78, 5) is 40.1. The van der Waals surface area contributed by atoms with E-state index < -0.39 is 11.7 Å². The molecule has 0 bridgehead atoms. The second kappa shape index (κ2) is 9.99. The van der Waals surface area contributed by atoms with Gasteiger partial charge in [0.1, 0.15) is 18.9 Å². The largest absolute Gasteiger partial charge is 0.446 e. The summed E-state index contributed by atoms with van der Waals surface area (Å²) >= 11 is 0. The van der Waals surface area contributed by atoms with Crippen molar-refractivity contribution in [3.05, 3.63) is 47.5 Å². The van der Waals surface area contributed by atoms with Crippen LogP contribution in [0.2, 0.25) is 0 Å². The van der Waals surface area contributed by atoms with Crippen LogP contribution in [0.25, 0.3) is 10.8 Å². The van der Waals surface area contributed by atoms with Gasteiger partial charge in [0.25, 0.3) is 0 Å². The molecule has 2 aromatic carbocycles. The number of esters is 1. The molecular formula is C24H31N3O5. The third-order valence-corrected chi connectivity index (χ3v) is 5.12. The summed E-state index contributed by atoms with van der Waals surface area (Å²) in [6.45, 7) is 9.57. The van der Waals surface area contributed by atoms with Crippen molar-refractivity contribution >= 4 is 28.7 Å². The van der Waals surface area contributed by atoms with Crippen LogP contribution in [0.3, 0.4) is 0 Å². The van der Waals surface area contributed by atoms with Crippen molar-refractivity contribution in [2.75, 3.05) is 39.5 Å². The van der Waals surface area contributed by atoms with Crippen molar-refractivity contribution in [2.45, 2.75) is 33.3 Å². The Labute approximate surface area is 188 Å². The molecule has 0 unspecified atom stereocenters. The molecule has 1 fully saturated rings. The lowest BCUT2D eigenvalue weighted by Crippen LogP contribution is -2.51. The first-order chi connectivity index (χ1) is 15.1. The number of nitrogens with zero attached hydrogens (tertiary/aromatic N) is 2. The van der Waals surface area contributed by atoms with E-state index in [2.05, 4.69) is 11.4 Å². The van der Waals surface area contributed by atoms with E-state index in [1.807, 2.05) is 36.1 Å². The predicted molar refractivity (Wildman–Crippen MR) is 121 cm³/mol. The Bertz CT molecular complexity index is 991. The molecule has 2 aromatic rings. The zero-order valence-corrected chi connectivity index (χ0v) is 19.1. The van der Waals surface area contributed by atoms with Crippen LogP contribution in [0.5, 0.6) is 0 Å². The van der Waals surface area contributed by atoms with Gasteiger partial charge in [-0.1, -0.05) is 29.8 Å². The molecule has 8 heteroatoms. The molecule has 1 heterocycles. The number of amides is 2. The molecule has 32 heavy (non-hydrogen) atoms. The van der Waals surface area contributed by atoms with Crippen molar-refractivity contribution in [3.63, 3.8) is 0 Å². The molecule has 1 N–H and O–H groups in total. The Morgan fingerprint density at radius 2 is 1.62 bits per heavy atom. The molecule has 0 spiro atoms. The third kappa shape index (κ3) is 6.68. The number of hydrogen-bond acceptors (Lipinski definition) is 6. The maximum atomic E-state index is 12.5. The number of alkyl carbamates (subject to hydrolysis) is 1. The average Bonchev–Trinajstić information content (AvgIpc) is 2.74.